The first-order valence-electron chi connectivity index (χ1n) is 8.37. The predicted molar refractivity (Wildman–Crippen MR) is 89.3 cm³/mol. The molecule has 0 saturated heterocycles. The molecule has 1 amide bonds. The normalized spacial score (nSPS) is 31.0. The van der Waals surface area contributed by atoms with E-state index in [0.29, 0.717) is 11.8 Å². The van der Waals surface area contributed by atoms with E-state index < -0.39 is 0 Å². The maximum atomic E-state index is 12.5. The summed E-state index contributed by atoms with van der Waals surface area (Å²) in [5, 5.41) is 3.02. The number of carbonyl (C=O) groups is 1. The van der Waals surface area contributed by atoms with Gasteiger partial charge in [0.2, 0.25) is 5.91 Å². The second-order valence-corrected chi connectivity index (χ2v) is 6.26. The summed E-state index contributed by atoms with van der Waals surface area (Å²) < 4.78 is 0. The molecule has 2 aliphatic carbocycles. The molecular formula is C19H24N2O. The monoisotopic (exact) mass is 296 g/mol. The third-order valence-corrected chi connectivity index (χ3v) is 4.73. The molecule has 1 N–H and O–H groups in total. The van der Waals surface area contributed by atoms with E-state index in [-0.39, 0.29) is 11.8 Å². The Labute approximate surface area is 132 Å². The largest absolute Gasteiger partial charge is 0.324 e. The highest BCUT2D eigenvalue weighted by atomic mass is 16.2. The first-order valence-corrected chi connectivity index (χ1v) is 8.37. The average molecular weight is 296 g/mol. The zero-order valence-electron chi connectivity index (χ0n) is 12.9. The fraction of sp³-hybridized carbons (Fsp3) is 0.474. The van der Waals surface area contributed by atoms with Crippen LogP contribution in [0.3, 0.4) is 0 Å². The quantitative estimate of drug-likeness (QED) is 0.824. The summed E-state index contributed by atoms with van der Waals surface area (Å²) in [7, 11) is 0. The SMILES string of the molecule is O=C(Nc1cccnc1)C1C2CC/C=C\CC/C=C/CCC21. The minimum atomic E-state index is 0.172. The number of amides is 1. The van der Waals surface area contributed by atoms with Crippen molar-refractivity contribution < 1.29 is 4.79 Å². The molecule has 1 saturated carbocycles. The van der Waals surface area contributed by atoms with Crippen LogP contribution in [0.4, 0.5) is 5.69 Å². The topological polar surface area (TPSA) is 42.0 Å². The molecule has 0 aliphatic heterocycles. The van der Waals surface area contributed by atoms with E-state index in [9.17, 15) is 4.79 Å². The molecule has 0 spiro atoms. The fourth-order valence-corrected chi connectivity index (χ4v) is 3.52. The van der Waals surface area contributed by atoms with E-state index in [1.165, 1.54) is 0 Å². The first kappa shape index (κ1) is 15.0. The summed E-state index contributed by atoms with van der Waals surface area (Å²) in [5.74, 6) is 1.46. The van der Waals surface area contributed by atoms with Gasteiger partial charge in [0.15, 0.2) is 0 Å². The fourth-order valence-electron chi connectivity index (χ4n) is 3.52. The molecule has 1 aromatic rings. The minimum absolute atomic E-state index is 0.172. The van der Waals surface area contributed by atoms with Crippen LogP contribution in [0.25, 0.3) is 0 Å². The molecular weight excluding hydrogens is 272 g/mol. The summed E-state index contributed by atoms with van der Waals surface area (Å²) in [6.07, 6.45) is 19.3. The zero-order valence-corrected chi connectivity index (χ0v) is 12.9. The van der Waals surface area contributed by atoms with Crippen LogP contribution in [0, 0.1) is 17.8 Å². The van der Waals surface area contributed by atoms with Gasteiger partial charge in [0, 0.05) is 12.1 Å². The van der Waals surface area contributed by atoms with Crippen LogP contribution in [0.1, 0.15) is 38.5 Å². The molecule has 1 fully saturated rings. The molecule has 22 heavy (non-hydrogen) atoms. The average Bonchev–Trinajstić information content (AvgIpc) is 3.21. The summed E-state index contributed by atoms with van der Waals surface area (Å²) in [6.45, 7) is 0. The van der Waals surface area contributed by atoms with Crippen LogP contribution in [-0.2, 0) is 4.79 Å². The smallest absolute Gasteiger partial charge is 0.228 e. The third-order valence-electron chi connectivity index (χ3n) is 4.73. The van der Waals surface area contributed by atoms with Crippen molar-refractivity contribution in [1.82, 2.24) is 4.98 Å². The Balaban J connectivity index is 1.60. The van der Waals surface area contributed by atoms with Gasteiger partial charge >= 0.3 is 0 Å². The van der Waals surface area contributed by atoms with E-state index in [1.807, 2.05) is 12.1 Å². The number of carbonyl (C=O) groups excluding carboxylic acids is 1. The lowest BCUT2D eigenvalue weighted by Gasteiger charge is -2.03. The molecule has 116 valence electrons. The molecule has 0 bridgehead atoms. The molecule has 3 nitrogen and oxygen atoms in total. The highest BCUT2D eigenvalue weighted by molar-refractivity contribution is 5.94. The number of nitrogens with zero attached hydrogens (tertiary/aromatic N) is 1. The minimum Gasteiger partial charge on any atom is -0.324 e. The Bertz CT molecular complexity index is 526. The summed E-state index contributed by atoms with van der Waals surface area (Å²) in [5.41, 5.74) is 0.801. The van der Waals surface area contributed by atoms with Crippen molar-refractivity contribution in [3.05, 3.63) is 48.8 Å². The van der Waals surface area contributed by atoms with Crippen molar-refractivity contribution in [2.45, 2.75) is 38.5 Å². The number of rotatable bonds is 2. The van der Waals surface area contributed by atoms with Gasteiger partial charge in [0.25, 0.3) is 0 Å². The van der Waals surface area contributed by atoms with Gasteiger partial charge in [-0.3, -0.25) is 9.78 Å². The molecule has 3 atom stereocenters. The van der Waals surface area contributed by atoms with Gasteiger partial charge < -0.3 is 5.32 Å². The van der Waals surface area contributed by atoms with Crippen LogP contribution in [0.15, 0.2) is 48.8 Å². The summed E-state index contributed by atoms with van der Waals surface area (Å²) in [4.78, 5) is 16.5. The maximum absolute atomic E-state index is 12.5. The van der Waals surface area contributed by atoms with Crippen LogP contribution in [0.2, 0.25) is 0 Å². The Morgan fingerprint density at radius 3 is 2.23 bits per heavy atom. The summed E-state index contributed by atoms with van der Waals surface area (Å²) in [6, 6.07) is 3.74. The van der Waals surface area contributed by atoms with Crippen molar-refractivity contribution in [2.75, 3.05) is 5.32 Å². The first-order chi connectivity index (χ1) is 10.9. The van der Waals surface area contributed by atoms with Crippen molar-refractivity contribution in [3.8, 4) is 0 Å². The van der Waals surface area contributed by atoms with Crippen molar-refractivity contribution in [1.29, 1.82) is 0 Å². The van der Waals surface area contributed by atoms with Gasteiger partial charge in [-0.25, -0.2) is 0 Å². The van der Waals surface area contributed by atoms with Crippen LogP contribution in [0.5, 0.6) is 0 Å². The van der Waals surface area contributed by atoms with Crippen molar-refractivity contribution in [3.63, 3.8) is 0 Å². The van der Waals surface area contributed by atoms with Gasteiger partial charge in [-0.15, -0.1) is 0 Å². The Morgan fingerprint density at radius 1 is 1.00 bits per heavy atom. The molecule has 1 heterocycles. The molecule has 0 aromatic carbocycles. The lowest BCUT2D eigenvalue weighted by molar-refractivity contribution is -0.117. The van der Waals surface area contributed by atoms with Crippen LogP contribution >= 0.6 is 0 Å². The number of hydrogen-bond acceptors (Lipinski definition) is 2. The molecule has 3 rings (SSSR count). The van der Waals surface area contributed by atoms with E-state index >= 15 is 0 Å². The Morgan fingerprint density at radius 2 is 1.64 bits per heavy atom. The van der Waals surface area contributed by atoms with Crippen LogP contribution in [-0.4, -0.2) is 10.9 Å². The second-order valence-electron chi connectivity index (χ2n) is 6.26. The molecule has 0 radical (unpaired) electrons. The Kier molecular flexibility index (Phi) is 5.04. The highest BCUT2D eigenvalue weighted by Crippen LogP contribution is 2.52. The van der Waals surface area contributed by atoms with Crippen molar-refractivity contribution >= 4 is 11.6 Å². The third kappa shape index (κ3) is 3.85. The number of aromatic nitrogens is 1. The Hall–Kier alpha value is -1.90. The maximum Gasteiger partial charge on any atom is 0.228 e. The van der Waals surface area contributed by atoms with Gasteiger partial charge in [-0.1, -0.05) is 24.3 Å². The van der Waals surface area contributed by atoms with E-state index in [2.05, 4.69) is 34.6 Å². The molecule has 3 unspecified atom stereocenters. The highest BCUT2D eigenvalue weighted by Gasteiger charge is 2.52. The number of fused-ring (bicyclic) bond motifs is 1. The number of pyridine rings is 1. The molecule has 2 aliphatic rings. The molecule has 3 heteroatoms. The lowest BCUT2D eigenvalue weighted by Crippen LogP contribution is -2.15. The van der Waals surface area contributed by atoms with E-state index in [4.69, 9.17) is 0 Å². The zero-order chi connectivity index (χ0) is 15.2. The number of allylic oxidation sites excluding steroid dienone is 4. The van der Waals surface area contributed by atoms with E-state index in [1.54, 1.807) is 12.4 Å². The van der Waals surface area contributed by atoms with Gasteiger partial charge in [0.05, 0.1) is 11.9 Å². The van der Waals surface area contributed by atoms with Gasteiger partial charge in [0.1, 0.15) is 0 Å². The van der Waals surface area contributed by atoms with Gasteiger partial charge in [-0.05, 0) is 62.5 Å². The van der Waals surface area contributed by atoms with Gasteiger partial charge in [-0.2, -0.15) is 0 Å². The predicted octanol–water partition coefficient (Wildman–Crippen LogP) is 4.35. The summed E-state index contributed by atoms with van der Waals surface area (Å²) >= 11 is 0. The number of anilines is 1. The number of nitrogens with one attached hydrogen (secondary N) is 1. The second kappa shape index (κ2) is 7.39. The van der Waals surface area contributed by atoms with Crippen LogP contribution < -0.4 is 5.32 Å². The van der Waals surface area contributed by atoms with Crippen molar-refractivity contribution in [2.24, 2.45) is 17.8 Å². The molecule has 1 aromatic heterocycles. The number of hydrogen-bond donors (Lipinski definition) is 1. The standard InChI is InChI=1S/C19H24N2O/c22-19(21-15-10-9-13-20-14-15)18-16-11-7-5-3-1-2-4-6-8-12-17(16)18/h3-6,9-10,13-14,16-18H,1-2,7-8,11-12H2,(H,21,22)/b5-3-,6-4+. The lowest BCUT2D eigenvalue weighted by atomic mass is 10.1. The van der Waals surface area contributed by atoms with E-state index in [0.717, 1.165) is 44.2 Å².